The fraction of sp³-hybridized carbons (Fsp3) is 0.444. The number of aromatic nitrogens is 6. The smallest absolute Gasteiger partial charge is 0.154 e. The minimum absolute atomic E-state index is 0.379. The van der Waals surface area contributed by atoms with Crippen LogP contribution in [0.1, 0.15) is 45.1 Å². The Morgan fingerprint density at radius 3 is 2.69 bits per heavy atom. The Hall–Kier alpha value is -3.43. The van der Waals surface area contributed by atoms with Gasteiger partial charge in [0.15, 0.2) is 5.82 Å². The van der Waals surface area contributed by atoms with Gasteiger partial charge in [-0.15, -0.1) is 5.10 Å². The van der Waals surface area contributed by atoms with Crippen LogP contribution in [0, 0.1) is 0 Å². The Morgan fingerprint density at radius 2 is 1.89 bits per heavy atom. The van der Waals surface area contributed by atoms with Gasteiger partial charge in [-0.2, -0.15) is 10.2 Å². The molecule has 4 heterocycles. The standard InChI is InChI=1S/C27H36N8O/c1-5-9-34(12-13-36-4)10-6-11-35-19-23(18-30-35)22-14-25-24(28-16-22)7-8-26(31-25)32-27-15-21(20(2)3)17-29-33-27/h7-8,14-20H,5-6,9-13H2,1-4H3,(H,31,32,33). The summed E-state index contributed by atoms with van der Waals surface area (Å²) in [6, 6.07) is 7.93. The van der Waals surface area contributed by atoms with E-state index in [-0.39, 0.29) is 0 Å². The molecule has 0 aromatic carbocycles. The second kappa shape index (κ2) is 12.5. The molecule has 0 aliphatic heterocycles. The first-order chi connectivity index (χ1) is 17.6. The van der Waals surface area contributed by atoms with E-state index in [9.17, 15) is 0 Å². The van der Waals surface area contributed by atoms with Gasteiger partial charge in [0, 0.05) is 43.7 Å². The molecular formula is C27H36N8O. The van der Waals surface area contributed by atoms with Crippen molar-refractivity contribution in [3.05, 3.63) is 54.6 Å². The van der Waals surface area contributed by atoms with Crippen LogP contribution >= 0.6 is 0 Å². The fourth-order valence-electron chi connectivity index (χ4n) is 4.09. The predicted molar refractivity (Wildman–Crippen MR) is 143 cm³/mol. The molecule has 0 saturated heterocycles. The maximum atomic E-state index is 5.24. The molecule has 190 valence electrons. The van der Waals surface area contributed by atoms with Crippen LogP contribution in [0.15, 0.2) is 49.1 Å². The zero-order chi connectivity index (χ0) is 25.3. The van der Waals surface area contributed by atoms with Gasteiger partial charge in [-0.25, -0.2) is 4.98 Å². The molecule has 0 bridgehead atoms. The van der Waals surface area contributed by atoms with Gasteiger partial charge in [0.05, 0.1) is 30.0 Å². The van der Waals surface area contributed by atoms with Crippen molar-refractivity contribution in [2.24, 2.45) is 0 Å². The van der Waals surface area contributed by atoms with Crippen LogP contribution in [0.4, 0.5) is 11.6 Å². The van der Waals surface area contributed by atoms with Gasteiger partial charge < -0.3 is 15.0 Å². The minimum atomic E-state index is 0.379. The van der Waals surface area contributed by atoms with Crippen LogP contribution < -0.4 is 5.32 Å². The Morgan fingerprint density at radius 1 is 1.00 bits per heavy atom. The monoisotopic (exact) mass is 488 g/mol. The summed E-state index contributed by atoms with van der Waals surface area (Å²) in [5.74, 6) is 1.76. The molecule has 0 unspecified atom stereocenters. The van der Waals surface area contributed by atoms with Crippen LogP contribution in [-0.4, -0.2) is 68.2 Å². The highest BCUT2D eigenvalue weighted by Crippen LogP contribution is 2.24. The number of ether oxygens (including phenoxy) is 1. The Balaban J connectivity index is 1.43. The third-order valence-corrected chi connectivity index (χ3v) is 6.12. The van der Waals surface area contributed by atoms with E-state index in [2.05, 4.69) is 63.5 Å². The number of pyridine rings is 2. The van der Waals surface area contributed by atoms with Gasteiger partial charge in [0.25, 0.3) is 0 Å². The van der Waals surface area contributed by atoms with Crippen LogP contribution in [0.5, 0.6) is 0 Å². The van der Waals surface area contributed by atoms with Crippen molar-refractivity contribution in [1.29, 1.82) is 0 Å². The molecule has 4 aromatic rings. The second-order valence-electron chi connectivity index (χ2n) is 9.29. The molecule has 4 rings (SSSR count). The molecule has 0 atom stereocenters. The molecule has 9 heteroatoms. The van der Waals surface area contributed by atoms with Crippen molar-refractivity contribution < 1.29 is 4.74 Å². The normalized spacial score (nSPS) is 11.6. The van der Waals surface area contributed by atoms with Crippen LogP contribution in [0.2, 0.25) is 0 Å². The van der Waals surface area contributed by atoms with E-state index in [4.69, 9.17) is 9.72 Å². The zero-order valence-corrected chi connectivity index (χ0v) is 21.7. The van der Waals surface area contributed by atoms with E-state index in [0.717, 1.165) is 73.4 Å². The number of methoxy groups -OCH3 is 1. The quantitative estimate of drug-likeness (QED) is 0.284. The lowest BCUT2D eigenvalue weighted by Gasteiger charge is -2.21. The number of hydrogen-bond acceptors (Lipinski definition) is 8. The first kappa shape index (κ1) is 25.7. The summed E-state index contributed by atoms with van der Waals surface area (Å²) >= 11 is 0. The van der Waals surface area contributed by atoms with Crippen molar-refractivity contribution in [3.63, 3.8) is 0 Å². The lowest BCUT2D eigenvalue weighted by atomic mass is 10.1. The summed E-state index contributed by atoms with van der Waals surface area (Å²) in [5.41, 5.74) is 4.80. The second-order valence-corrected chi connectivity index (χ2v) is 9.29. The topological polar surface area (TPSA) is 93.9 Å². The first-order valence-electron chi connectivity index (χ1n) is 12.7. The largest absolute Gasteiger partial charge is 0.383 e. The zero-order valence-electron chi connectivity index (χ0n) is 21.7. The van der Waals surface area contributed by atoms with Gasteiger partial charge in [0.1, 0.15) is 5.82 Å². The highest BCUT2D eigenvalue weighted by atomic mass is 16.5. The number of fused-ring (bicyclic) bond motifs is 1. The number of anilines is 2. The Labute approximate surface area is 212 Å². The molecule has 0 radical (unpaired) electrons. The summed E-state index contributed by atoms with van der Waals surface area (Å²) in [5, 5.41) is 16.1. The third-order valence-electron chi connectivity index (χ3n) is 6.12. The average molecular weight is 489 g/mol. The number of rotatable bonds is 13. The molecule has 36 heavy (non-hydrogen) atoms. The maximum absolute atomic E-state index is 5.24. The molecule has 4 aromatic heterocycles. The lowest BCUT2D eigenvalue weighted by Crippen LogP contribution is -2.30. The summed E-state index contributed by atoms with van der Waals surface area (Å²) in [6.07, 6.45) is 9.84. The summed E-state index contributed by atoms with van der Waals surface area (Å²) in [7, 11) is 1.75. The van der Waals surface area contributed by atoms with Crippen LogP contribution in [0.25, 0.3) is 22.2 Å². The van der Waals surface area contributed by atoms with E-state index >= 15 is 0 Å². The predicted octanol–water partition coefficient (Wildman–Crippen LogP) is 4.90. The van der Waals surface area contributed by atoms with E-state index in [0.29, 0.717) is 17.6 Å². The van der Waals surface area contributed by atoms with Gasteiger partial charge in [-0.3, -0.25) is 9.67 Å². The lowest BCUT2D eigenvalue weighted by molar-refractivity contribution is 0.145. The van der Waals surface area contributed by atoms with E-state index in [1.165, 1.54) is 0 Å². The number of nitrogens with zero attached hydrogens (tertiary/aromatic N) is 7. The van der Waals surface area contributed by atoms with Crippen molar-refractivity contribution in [2.75, 3.05) is 38.7 Å². The molecule has 0 aliphatic carbocycles. The molecule has 0 fully saturated rings. The summed E-state index contributed by atoms with van der Waals surface area (Å²) in [6.45, 7) is 11.2. The van der Waals surface area contributed by atoms with E-state index in [1.807, 2.05) is 35.3 Å². The molecule has 0 amide bonds. The average Bonchev–Trinajstić information content (AvgIpc) is 3.36. The molecular weight excluding hydrogens is 452 g/mol. The number of hydrogen-bond donors (Lipinski definition) is 1. The number of nitrogens with one attached hydrogen (secondary N) is 1. The Bertz CT molecular complexity index is 1260. The van der Waals surface area contributed by atoms with Gasteiger partial charge in [-0.1, -0.05) is 20.8 Å². The first-order valence-corrected chi connectivity index (χ1v) is 12.7. The molecule has 1 N–H and O–H groups in total. The number of aryl methyl sites for hydroxylation is 1. The SMILES string of the molecule is CCCN(CCCn1cc(-c2cnc3ccc(Nc4cc(C(C)C)cnn4)nc3c2)cn1)CCOC. The van der Waals surface area contributed by atoms with Crippen molar-refractivity contribution in [3.8, 4) is 11.1 Å². The van der Waals surface area contributed by atoms with E-state index in [1.54, 1.807) is 13.3 Å². The van der Waals surface area contributed by atoms with Crippen LogP contribution in [-0.2, 0) is 11.3 Å². The molecule has 0 saturated carbocycles. The fourth-order valence-corrected chi connectivity index (χ4v) is 4.09. The molecule has 0 aliphatic rings. The van der Waals surface area contributed by atoms with Crippen molar-refractivity contribution in [1.82, 2.24) is 34.8 Å². The Kier molecular flexibility index (Phi) is 8.91. The summed E-state index contributed by atoms with van der Waals surface area (Å²) in [4.78, 5) is 11.8. The molecule has 9 nitrogen and oxygen atoms in total. The molecule has 0 spiro atoms. The van der Waals surface area contributed by atoms with Crippen LogP contribution in [0.3, 0.4) is 0 Å². The van der Waals surface area contributed by atoms with Gasteiger partial charge >= 0.3 is 0 Å². The van der Waals surface area contributed by atoms with Crippen molar-refractivity contribution in [2.45, 2.75) is 46.1 Å². The third kappa shape index (κ3) is 6.83. The highest BCUT2D eigenvalue weighted by molar-refractivity contribution is 5.81. The maximum Gasteiger partial charge on any atom is 0.154 e. The van der Waals surface area contributed by atoms with Gasteiger partial charge in [0.2, 0.25) is 0 Å². The van der Waals surface area contributed by atoms with Gasteiger partial charge in [-0.05, 0) is 61.7 Å². The summed E-state index contributed by atoms with van der Waals surface area (Å²) < 4.78 is 7.24. The van der Waals surface area contributed by atoms with E-state index < -0.39 is 0 Å². The van der Waals surface area contributed by atoms with Crippen molar-refractivity contribution >= 4 is 22.7 Å². The highest BCUT2D eigenvalue weighted by Gasteiger charge is 2.09. The minimum Gasteiger partial charge on any atom is -0.383 e.